The van der Waals surface area contributed by atoms with Crippen molar-refractivity contribution in [2.75, 3.05) is 13.1 Å². The second kappa shape index (κ2) is 6.01. The first kappa shape index (κ1) is 16.1. The lowest BCUT2D eigenvalue weighted by Crippen LogP contribution is -2.39. The molecule has 0 amide bonds. The first-order valence-electron chi connectivity index (χ1n) is 7.32. The van der Waals surface area contributed by atoms with Crippen LogP contribution in [0.3, 0.4) is 0 Å². The van der Waals surface area contributed by atoms with Crippen molar-refractivity contribution in [1.29, 1.82) is 0 Å². The predicted molar refractivity (Wildman–Crippen MR) is 80.3 cm³/mol. The number of hydrogen-bond acceptors (Lipinski definition) is 3. The molecule has 2 aromatic rings. The van der Waals surface area contributed by atoms with Gasteiger partial charge in [-0.3, -0.25) is 4.68 Å². The molecular weight excluding hydrogens is 324 g/mol. The highest BCUT2D eigenvalue weighted by Gasteiger charge is 2.32. The smallest absolute Gasteiger partial charge is 0.243 e. The van der Waals surface area contributed by atoms with Gasteiger partial charge >= 0.3 is 0 Å². The molecule has 0 aliphatic carbocycles. The summed E-state index contributed by atoms with van der Waals surface area (Å²) in [6.45, 7) is 0.598. The first-order valence-corrected chi connectivity index (χ1v) is 8.76. The number of sulfonamides is 1. The van der Waals surface area contributed by atoms with Crippen molar-refractivity contribution < 1.29 is 17.2 Å². The number of aryl methyl sites for hydroxylation is 1. The number of aromatic nitrogens is 2. The topological polar surface area (TPSA) is 55.2 Å². The molecule has 0 N–H and O–H groups in total. The Morgan fingerprint density at radius 3 is 2.52 bits per heavy atom. The number of hydrogen-bond donors (Lipinski definition) is 0. The summed E-state index contributed by atoms with van der Waals surface area (Å²) >= 11 is 0. The molecule has 1 aliphatic heterocycles. The van der Waals surface area contributed by atoms with E-state index in [1.54, 1.807) is 11.7 Å². The second-order valence-electron chi connectivity index (χ2n) is 5.72. The highest BCUT2D eigenvalue weighted by atomic mass is 32.2. The summed E-state index contributed by atoms with van der Waals surface area (Å²) in [7, 11) is -2.12. The minimum absolute atomic E-state index is 0.0156. The van der Waals surface area contributed by atoms with Gasteiger partial charge in [0.2, 0.25) is 10.0 Å². The van der Waals surface area contributed by atoms with Crippen molar-refractivity contribution in [1.82, 2.24) is 14.1 Å². The van der Waals surface area contributed by atoms with Crippen molar-refractivity contribution in [2.45, 2.75) is 23.7 Å². The summed E-state index contributed by atoms with van der Waals surface area (Å²) in [5.41, 5.74) is 0.831. The van der Waals surface area contributed by atoms with Gasteiger partial charge in [-0.05, 0) is 31.0 Å². The molecule has 1 aromatic carbocycles. The predicted octanol–water partition coefficient (Wildman–Crippen LogP) is 2.27. The molecule has 3 rings (SSSR count). The standard InChI is InChI=1S/C15H17F2N3O2S/c1-19-6-4-15(18-19)11-3-2-5-20(10-11)23(21,22)14-8-12(16)7-13(17)9-14/h4,6-9,11H,2-3,5,10H2,1H3. The van der Waals surface area contributed by atoms with E-state index in [2.05, 4.69) is 5.10 Å². The highest BCUT2D eigenvalue weighted by Crippen LogP contribution is 2.29. The van der Waals surface area contributed by atoms with E-state index in [-0.39, 0.29) is 17.4 Å². The van der Waals surface area contributed by atoms with Gasteiger partial charge in [0.15, 0.2) is 0 Å². The van der Waals surface area contributed by atoms with E-state index in [9.17, 15) is 17.2 Å². The van der Waals surface area contributed by atoms with Crippen molar-refractivity contribution in [3.05, 3.63) is 47.8 Å². The lowest BCUT2D eigenvalue weighted by atomic mass is 9.96. The molecule has 0 saturated carbocycles. The molecule has 124 valence electrons. The maximum Gasteiger partial charge on any atom is 0.243 e. The number of rotatable bonds is 3. The Labute approximate surface area is 133 Å². The van der Waals surface area contributed by atoms with E-state index in [1.165, 1.54) is 4.31 Å². The van der Waals surface area contributed by atoms with Gasteiger partial charge in [0.05, 0.1) is 10.6 Å². The molecule has 1 unspecified atom stereocenters. The van der Waals surface area contributed by atoms with Gasteiger partial charge < -0.3 is 0 Å². The van der Waals surface area contributed by atoms with E-state index < -0.39 is 21.7 Å². The number of benzene rings is 1. The Morgan fingerprint density at radius 1 is 1.22 bits per heavy atom. The summed E-state index contributed by atoms with van der Waals surface area (Å²) in [4.78, 5) is -0.350. The molecule has 1 atom stereocenters. The van der Waals surface area contributed by atoms with Crippen LogP contribution in [0.15, 0.2) is 35.4 Å². The molecule has 8 heteroatoms. The van der Waals surface area contributed by atoms with Crippen LogP contribution in [0.4, 0.5) is 8.78 Å². The lowest BCUT2D eigenvalue weighted by molar-refractivity contribution is 0.311. The molecule has 1 aromatic heterocycles. The molecule has 5 nitrogen and oxygen atoms in total. The van der Waals surface area contributed by atoms with Crippen molar-refractivity contribution in [3.63, 3.8) is 0 Å². The van der Waals surface area contributed by atoms with E-state index in [0.717, 1.165) is 24.2 Å². The SMILES string of the molecule is Cn1ccc(C2CCCN(S(=O)(=O)c3cc(F)cc(F)c3)C2)n1. The van der Waals surface area contributed by atoms with Crippen LogP contribution in [0.2, 0.25) is 0 Å². The first-order chi connectivity index (χ1) is 10.9. The minimum atomic E-state index is -3.92. The molecule has 23 heavy (non-hydrogen) atoms. The van der Waals surface area contributed by atoms with Crippen LogP contribution in [0, 0.1) is 11.6 Å². The maximum absolute atomic E-state index is 13.3. The molecule has 0 radical (unpaired) electrons. The van der Waals surface area contributed by atoms with Crippen LogP contribution in [-0.2, 0) is 17.1 Å². The monoisotopic (exact) mass is 341 g/mol. The Kier molecular flexibility index (Phi) is 4.20. The van der Waals surface area contributed by atoms with Gasteiger partial charge in [0, 0.05) is 38.3 Å². The van der Waals surface area contributed by atoms with Crippen LogP contribution in [0.25, 0.3) is 0 Å². The molecule has 1 fully saturated rings. The fourth-order valence-electron chi connectivity index (χ4n) is 2.88. The van der Waals surface area contributed by atoms with Crippen LogP contribution in [0.1, 0.15) is 24.5 Å². The summed E-state index contributed by atoms with van der Waals surface area (Å²) in [6, 6.07) is 4.22. The second-order valence-corrected chi connectivity index (χ2v) is 7.66. The van der Waals surface area contributed by atoms with Crippen LogP contribution in [-0.4, -0.2) is 35.6 Å². The summed E-state index contributed by atoms with van der Waals surface area (Å²) < 4.78 is 54.9. The van der Waals surface area contributed by atoms with Gasteiger partial charge in [-0.25, -0.2) is 17.2 Å². The average molecular weight is 341 g/mol. The highest BCUT2D eigenvalue weighted by molar-refractivity contribution is 7.89. The Bertz CT molecular complexity index is 800. The largest absolute Gasteiger partial charge is 0.276 e. The summed E-state index contributed by atoms with van der Waals surface area (Å²) in [5.74, 6) is -1.82. The van der Waals surface area contributed by atoms with Gasteiger partial charge in [-0.2, -0.15) is 9.40 Å². The van der Waals surface area contributed by atoms with Crippen molar-refractivity contribution >= 4 is 10.0 Å². The molecule has 0 spiro atoms. The maximum atomic E-state index is 13.3. The zero-order valence-electron chi connectivity index (χ0n) is 12.6. The van der Waals surface area contributed by atoms with E-state index in [0.29, 0.717) is 19.0 Å². The molecule has 1 saturated heterocycles. The molecule has 1 aliphatic rings. The van der Waals surface area contributed by atoms with E-state index in [4.69, 9.17) is 0 Å². The zero-order chi connectivity index (χ0) is 16.6. The molecule has 2 heterocycles. The summed E-state index contributed by atoms with van der Waals surface area (Å²) in [6.07, 6.45) is 3.32. The van der Waals surface area contributed by atoms with Gasteiger partial charge in [-0.15, -0.1) is 0 Å². The van der Waals surface area contributed by atoms with Crippen LogP contribution < -0.4 is 0 Å². The number of halogens is 2. The third-order valence-corrected chi connectivity index (χ3v) is 5.85. The fraction of sp³-hybridized carbons (Fsp3) is 0.400. The normalized spacial score (nSPS) is 19.9. The minimum Gasteiger partial charge on any atom is -0.276 e. The van der Waals surface area contributed by atoms with Crippen molar-refractivity contribution in [3.8, 4) is 0 Å². The van der Waals surface area contributed by atoms with Crippen LogP contribution in [0.5, 0.6) is 0 Å². The van der Waals surface area contributed by atoms with Gasteiger partial charge in [0.25, 0.3) is 0 Å². The molecule has 0 bridgehead atoms. The quantitative estimate of drug-likeness (QED) is 0.860. The Balaban J connectivity index is 1.87. The average Bonchev–Trinajstić information content (AvgIpc) is 2.93. The number of nitrogens with zero attached hydrogens (tertiary/aromatic N) is 3. The van der Waals surface area contributed by atoms with E-state index >= 15 is 0 Å². The zero-order valence-corrected chi connectivity index (χ0v) is 13.4. The fourth-order valence-corrected chi connectivity index (χ4v) is 4.45. The van der Waals surface area contributed by atoms with Gasteiger partial charge in [-0.1, -0.05) is 0 Å². The van der Waals surface area contributed by atoms with Crippen LogP contribution >= 0.6 is 0 Å². The lowest BCUT2D eigenvalue weighted by Gasteiger charge is -2.31. The Hall–Kier alpha value is -1.80. The third-order valence-electron chi connectivity index (χ3n) is 4.01. The number of piperidine rings is 1. The van der Waals surface area contributed by atoms with Crippen molar-refractivity contribution in [2.24, 2.45) is 7.05 Å². The van der Waals surface area contributed by atoms with Gasteiger partial charge in [0.1, 0.15) is 11.6 Å². The summed E-state index contributed by atoms with van der Waals surface area (Å²) in [5, 5.41) is 4.33. The molecular formula is C15H17F2N3O2S. The third kappa shape index (κ3) is 3.28. The van der Waals surface area contributed by atoms with E-state index in [1.807, 2.05) is 12.3 Å². The Morgan fingerprint density at radius 2 is 1.91 bits per heavy atom.